The Balaban J connectivity index is 1.59. The lowest BCUT2D eigenvalue weighted by atomic mass is 10.2. The van der Waals surface area contributed by atoms with Crippen molar-refractivity contribution in [1.29, 1.82) is 0 Å². The minimum Gasteiger partial charge on any atom is -0.453 e. The highest BCUT2D eigenvalue weighted by molar-refractivity contribution is 7.96. The summed E-state index contributed by atoms with van der Waals surface area (Å²) < 4.78 is 33.7. The number of para-hydroxylation sites is 1. The molecule has 1 aromatic heterocycles. The minimum absolute atomic E-state index is 0.00776. The van der Waals surface area contributed by atoms with Gasteiger partial charge in [0.25, 0.3) is 10.0 Å². The molecular formula is C21H14Cl4N2O3S. The Morgan fingerprint density at radius 2 is 1.74 bits per heavy atom. The average molecular weight is 516 g/mol. The van der Waals surface area contributed by atoms with Crippen molar-refractivity contribution in [3.63, 3.8) is 0 Å². The first-order valence-electron chi connectivity index (χ1n) is 8.98. The summed E-state index contributed by atoms with van der Waals surface area (Å²) in [6.45, 7) is 0. The number of sulfonamides is 1. The highest BCUT2D eigenvalue weighted by Crippen LogP contribution is 2.40. The van der Waals surface area contributed by atoms with Crippen molar-refractivity contribution in [3.05, 3.63) is 80.8 Å². The summed E-state index contributed by atoms with van der Waals surface area (Å²) in [6, 6.07) is 12.2. The molecule has 5 nitrogen and oxygen atoms in total. The maximum atomic E-state index is 12.7. The maximum absolute atomic E-state index is 12.7. The van der Waals surface area contributed by atoms with Gasteiger partial charge in [-0.25, -0.2) is 8.42 Å². The van der Waals surface area contributed by atoms with Gasteiger partial charge in [-0.05, 0) is 36.4 Å². The number of hydrogen-bond donors (Lipinski definition) is 1. The van der Waals surface area contributed by atoms with Crippen molar-refractivity contribution >= 4 is 73.0 Å². The molecule has 0 bridgehead atoms. The van der Waals surface area contributed by atoms with Crippen LogP contribution in [-0.4, -0.2) is 18.8 Å². The first-order chi connectivity index (χ1) is 14.7. The standard InChI is InChI=1S/C21H14Cl4N2O3S/c22-13-5-6-20(16(23)8-13)31(28,29)27-14-9-17(24)21(18(25)10-14)30-15-7-12-3-1-2-4-19(12)26-11-15/h1-7,9-11,16,27H,8H2. The van der Waals surface area contributed by atoms with E-state index in [1.165, 1.54) is 24.3 Å². The molecule has 3 aromatic rings. The van der Waals surface area contributed by atoms with E-state index in [1.54, 1.807) is 12.3 Å². The predicted octanol–water partition coefficient (Wildman–Crippen LogP) is 7.09. The predicted molar refractivity (Wildman–Crippen MR) is 127 cm³/mol. The summed E-state index contributed by atoms with van der Waals surface area (Å²) in [4.78, 5) is 4.34. The summed E-state index contributed by atoms with van der Waals surface area (Å²) in [6.07, 6.45) is 4.66. The number of allylic oxidation sites excluding steroid dienone is 4. The van der Waals surface area contributed by atoms with Gasteiger partial charge in [0.05, 0.1) is 37.7 Å². The quantitative estimate of drug-likeness (QED) is 0.368. The van der Waals surface area contributed by atoms with Crippen LogP contribution in [0.5, 0.6) is 11.5 Å². The SMILES string of the molecule is O=S(=O)(Nc1cc(Cl)c(Oc2cnc3ccccc3c2)c(Cl)c1)C1=CC=C(Cl)CC1Cl. The third-order valence-corrected chi connectivity index (χ3v) is 7.36. The second-order valence-corrected chi connectivity index (χ2v) is 10.2. The molecule has 0 radical (unpaired) electrons. The van der Waals surface area contributed by atoms with Crippen molar-refractivity contribution in [2.45, 2.75) is 11.8 Å². The van der Waals surface area contributed by atoms with Crippen LogP contribution in [0.15, 0.2) is 70.8 Å². The van der Waals surface area contributed by atoms with Gasteiger partial charge in [-0.1, -0.05) is 53.0 Å². The van der Waals surface area contributed by atoms with Crippen LogP contribution in [-0.2, 0) is 10.0 Å². The van der Waals surface area contributed by atoms with Gasteiger partial charge < -0.3 is 4.74 Å². The van der Waals surface area contributed by atoms with E-state index in [1.807, 2.05) is 24.3 Å². The van der Waals surface area contributed by atoms with Crippen molar-refractivity contribution in [2.75, 3.05) is 4.72 Å². The zero-order valence-corrected chi connectivity index (χ0v) is 19.5. The van der Waals surface area contributed by atoms with Gasteiger partial charge in [-0.15, -0.1) is 11.6 Å². The smallest absolute Gasteiger partial charge is 0.259 e. The number of halogens is 4. The van der Waals surface area contributed by atoms with Crippen LogP contribution in [0.25, 0.3) is 10.9 Å². The Bertz CT molecular complexity index is 1320. The molecule has 1 heterocycles. The number of aromatic nitrogens is 1. The van der Waals surface area contributed by atoms with Crippen LogP contribution >= 0.6 is 46.4 Å². The van der Waals surface area contributed by atoms with Gasteiger partial charge >= 0.3 is 0 Å². The Morgan fingerprint density at radius 3 is 2.45 bits per heavy atom. The number of rotatable bonds is 5. The molecule has 0 saturated carbocycles. The zero-order valence-electron chi connectivity index (χ0n) is 15.7. The fourth-order valence-corrected chi connectivity index (χ4v) is 5.69. The van der Waals surface area contributed by atoms with E-state index in [0.29, 0.717) is 10.8 Å². The molecule has 0 spiro atoms. The molecular weight excluding hydrogens is 502 g/mol. The molecule has 4 rings (SSSR count). The summed E-state index contributed by atoms with van der Waals surface area (Å²) in [5.41, 5.74) is 0.993. The minimum atomic E-state index is -3.93. The van der Waals surface area contributed by atoms with E-state index in [2.05, 4.69) is 9.71 Å². The molecule has 1 aliphatic carbocycles. The number of alkyl halides is 1. The highest BCUT2D eigenvalue weighted by Gasteiger charge is 2.28. The molecule has 1 atom stereocenters. The first kappa shape index (κ1) is 22.2. The lowest BCUT2D eigenvalue weighted by Gasteiger charge is -2.19. The maximum Gasteiger partial charge on any atom is 0.259 e. The molecule has 160 valence electrons. The van der Waals surface area contributed by atoms with Gasteiger partial charge in [-0.2, -0.15) is 0 Å². The van der Waals surface area contributed by atoms with Crippen molar-refractivity contribution < 1.29 is 13.2 Å². The van der Waals surface area contributed by atoms with Crippen LogP contribution in [0.2, 0.25) is 10.0 Å². The highest BCUT2D eigenvalue weighted by atomic mass is 35.5. The van der Waals surface area contributed by atoms with Crippen LogP contribution < -0.4 is 9.46 Å². The molecule has 2 aromatic carbocycles. The molecule has 0 aliphatic heterocycles. The van der Waals surface area contributed by atoms with Gasteiger partial charge in [0.1, 0.15) is 5.75 Å². The number of benzene rings is 2. The molecule has 0 amide bonds. The molecule has 0 fully saturated rings. The number of fused-ring (bicyclic) bond motifs is 1. The fraction of sp³-hybridized carbons (Fsp3) is 0.0952. The van der Waals surface area contributed by atoms with Crippen molar-refractivity contribution in [1.82, 2.24) is 4.98 Å². The Morgan fingerprint density at radius 1 is 1.03 bits per heavy atom. The van der Waals surface area contributed by atoms with E-state index in [9.17, 15) is 8.42 Å². The third kappa shape index (κ3) is 4.94. The molecule has 31 heavy (non-hydrogen) atoms. The summed E-state index contributed by atoms with van der Waals surface area (Å²) in [5, 5.41) is 0.850. The second-order valence-electron chi connectivity index (χ2n) is 6.69. The lowest BCUT2D eigenvalue weighted by Crippen LogP contribution is -2.22. The Kier molecular flexibility index (Phi) is 6.37. The second kappa shape index (κ2) is 8.88. The summed E-state index contributed by atoms with van der Waals surface area (Å²) in [5.74, 6) is 0.627. The topological polar surface area (TPSA) is 68.3 Å². The monoisotopic (exact) mass is 514 g/mol. The van der Waals surface area contributed by atoms with Crippen LogP contribution in [0, 0.1) is 0 Å². The molecule has 10 heteroatoms. The fourth-order valence-electron chi connectivity index (χ4n) is 3.03. The zero-order chi connectivity index (χ0) is 22.2. The van der Waals surface area contributed by atoms with Crippen LogP contribution in [0.1, 0.15) is 6.42 Å². The summed E-state index contributed by atoms with van der Waals surface area (Å²) >= 11 is 24.7. The largest absolute Gasteiger partial charge is 0.453 e. The number of pyridine rings is 1. The van der Waals surface area contributed by atoms with Crippen molar-refractivity contribution in [2.24, 2.45) is 0 Å². The number of hydrogen-bond acceptors (Lipinski definition) is 4. The van der Waals surface area contributed by atoms with Gasteiger partial charge in [-0.3, -0.25) is 9.71 Å². The Hall–Kier alpha value is -1.96. The first-order valence-corrected chi connectivity index (χ1v) is 12.0. The number of nitrogens with zero attached hydrogens (tertiary/aromatic N) is 1. The molecule has 0 saturated heterocycles. The van der Waals surface area contributed by atoms with Crippen LogP contribution in [0.4, 0.5) is 5.69 Å². The molecule has 1 aliphatic rings. The van der Waals surface area contributed by atoms with Crippen molar-refractivity contribution in [3.8, 4) is 11.5 Å². The van der Waals surface area contributed by atoms with E-state index < -0.39 is 15.4 Å². The van der Waals surface area contributed by atoms with E-state index >= 15 is 0 Å². The normalized spacial score (nSPS) is 16.6. The lowest BCUT2D eigenvalue weighted by molar-refractivity contribution is 0.482. The molecule has 1 unspecified atom stereocenters. The van der Waals surface area contributed by atoms with Gasteiger partial charge in [0, 0.05) is 16.8 Å². The van der Waals surface area contributed by atoms with E-state index in [0.717, 1.165) is 10.9 Å². The third-order valence-electron chi connectivity index (χ3n) is 4.46. The number of ether oxygens (including phenoxy) is 1. The summed E-state index contributed by atoms with van der Waals surface area (Å²) in [7, 11) is -3.93. The molecule has 1 N–H and O–H groups in total. The van der Waals surface area contributed by atoms with Gasteiger partial charge in [0.15, 0.2) is 5.75 Å². The Labute approximate surface area is 199 Å². The van der Waals surface area contributed by atoms with E-state index in [4.69, 9.17) is 51.1 Å². The van der Waals surface area contributed by atoms with Gasteiger partial charge in [0.2, 0.25) is 0 Å². The number of nitrogens with one attached hydrogen (secondary N) is 1. The number of anilines is 1. The van der Waals surface area contributed by atoms with E-state index in [-0.39, 0.29) is 32.8 Å². The van der Waals surface area contributed by atoms with Crippen LogP contribution in [0.3, 0.4) is 0 Å². The average Bonchev–Trinajstić information content (AvgIpc) is 2.70.